The van der Waals surface area contributed by atoms with Gasteiger partial charge in [-0.1, -0.05) is 60.7 Å². The molecule has 138 valence electrons. The Morgan fingerprint density at radius 1 is 0.464 bits per heavy atom. The Balaban J connectivity index is 1.80. The Kier molecular flexibility index (Phi) is 4.99. The average molecular weight is 364 g/mol. The SMILES string of the molecule is Cc1cccc(N(c2ccc(-c3ccccc3)cc2)c2ccc(C)c(C)c2)c1. The lowest BCUT2D eigenvalue weighted by Gasteiger charge is -2.26. The van der Waals surface area contributed by atoms with E-state index in [1.54, 1.807) is 0 Å². The summed E-state index contributed by atoms with van der Waals surface area (Å²) in [5.41, 5.74) is 9.86. The van der Waals surface area contributed by atoms with Crippen molar-refractivity contribution in [2.75, 3.05) is 4.90 Å². The molecule has 0 aliphatic heterocycles. The molecule has 0 unspecified atom stereocenters. The van der Waals surface area contributed by atoms with Crippen molar-refractivity contribution in [3.05, 3.63) is 114 Å². The van der Waals surface area contributed by atoms with Crippen molar-refractivity contribution in [3.8, 4) is 11.1 Å². The summed E-state index contributed by atoms with van der Waals surface area (Å²) in [5.74, 6) is 0. The van der Waals surface area contributed by atoms with Crippen molar-refractivity contribution in [1.82, 2.24) is 0 Å². The summed E-state index contributed by atoms with van der Waals surface area (Å²) < 4.78 is 0. The fourth-order valence-corrected chi connectivity index (χ4v) is 3.51. The number of benzene rings is 4. The van der Waals surface area contributed by atoms with E-state index in [2.05, 4.69) is 123 Å². The molecule has 4 aromatic rings. The third kappa shape index (κ3) is 3.70. The summed E-state index contributed by atoms with van der Waals surface area (Å²) in [6, 6.07) is 34.7. The van der Waals surface area contributed by atoms with E-state index in [1.807, 2.05) is 0 Å². The van der Waals surface area contributed by atoms with Crippen LogP contribution in [-0.2, 0) is 0 Å². The van der Waals surface area contributed by atoms with Gasteiger partial charge in [-0.2, -0.15) is 0 Å². The van der Waals surface area contributed by atoms with Crippen LogP contribution in [0.25, 0.3) is 11.1 Å². The van der Waals surface area contributed by atoms with Crippen molar-refractivity contribution in [3.63, 3.8) is 0 Å². The van der Waals surface area contributed by atoms with Crippen LogP contribution in [0.5, 0.6) is 0 Å². The van der Waals surface area contributed by atoms with Gasteiger partial charge in [0.05, 0.1) is 0 Å². The van der Waals surface area contributed by atoms with Crippen LogP contribution in [0.3, 0.4) is 0 Å². The minimum absolute atomic E-state index is 1.16. The first kappa shape index (κ1) is 18.1. The second-order valence-corrected chi connectivity index (χ2v) is 7.36. The molecule has 0 aromatic heterocycles. The molecule has 0 radical (unpaired) electrons. The number of nitrogens with zero attached hydrogens (tertiary/aromatic N) is 1. The molecule has 4 rings (SSSR count). The molecule has 0 heterocycles. The predicted octanol–water partition coefficient (Wildman–Crippen LogP) is 7.75. The van der Waals surface area contributed by atoms with Crippen molar-refractivity contribution < 1.29 is 0 Å². The minimum Gasteiger partial charge on any atom is -0.310 e. The maximum absolute atomic E-state index is 2.33. The first-order valence-corrected chi connectivity index (χ1v) is 9.71. The summed E-state index contributed by atoms with van der Waals surface area (Å²) in [7, 11) is 0. The standard InChI is InChI=1S/C27H25N/c1-20-8-7-11-26(18-20)28(27-15-12-21(2)22(3)19-27)25-16-13-24(14-17-25)23-9-5-4-6-10-23/h4-19H,1-3H3. The van der Waals surface area contributed by atoms with E-state index in [0.717, 1.165) is 5.69 Å². The van der Waals surface area contributed by atoms with Gasteiger partial charge in [-0.25, -0.2) is 0 Å². The summed E-state index contributed by atoms with van der Waals surface area (Å²) in [6.07, 6.45) is 0. The van der Waals surface area contributed by atoms with Crippen molar-refractivity contribution >= 4 is 17.1 Å². The Hall–Kier alpha value is -3.32. The summed E-state index contributed by atoms with van der Waals surface area (Å²) >= 11 is 0. The van der Waals surface area contributed by atoms with Gasteiger partial charge in [0.2, 0.25) is 0 Å². The minimum atomic E-state index is 1.16. The molecule has 0 aliphatic rings. The second-order valence-electron chi connectivity index (χ2n) is 7.36. The molecule has 28 heavy (non-hydrogen) atoms. The highest BCUT2D eigenvalue weighted by Crippen LogP contribution is 2.36. The van der Waals surface area contributed by atoms with Crippen molar-refractivity contribution in [2.45, 2.75) is 20.8 Å². The first-order chi connectivity index (χ1) is 13.6. The zero-order chi connectivity index (χ0) is 19.5. The van der Waals surface area contributed by atoms with Crippen LogP contribution < -0.4 is 4.90 Å². The lowest BCUT2D eigenvalue weighted by molar-refractivity contribution is 1.24. The Labute approximate surface area is 167 Å². The molecule has 0 amide bonds. The van der Waals surface area contributed by atoms with Gasteiger partial charge in [-0.05, 0) is 85.0 Å². The largest absolute Gasteiger partial charge is 0.310 e. The molecule has 0 aliphatic carbocycles. The van der Waals surface area contributed by atoms with Crippen LogP contribution in [-0.4, -0.2) is 0 Å². The Morgan fingerprint density at radius 3 is 1.79 bits per heavy atom. The number of aryl methyl sites for hydroxylation is 3. The predicted molar refractivity (Wildman–Crippen MR) is 121 cm³/mol. The molecule has 4 aromatic carbocycles. The average Bonchev–Trinajstić information content (AvgIpc) is 2.72. The van der Waals surface area contributed by atoms with Gasteiger partial charge in [-0.3, -0.25) is 0 Å². The van der Waals surface area contributed by atoms with Crippen LogP contribution >= 0.6 is 0 Å². The fraction of sp³-hybridized carbons (Fsp3) is 0.111. The topological polar surface area (TPSA) is 3.24 Å². The molecule has 0 saturated heterocycles. The smallest absolute Gasteiger partial charge is 0.0464 e. The maximum atomic E-state index is 2.33. The molecule has 0 atom stereocenters. The molecule has 0 saturated carbocycles. The molecular formula is C27H25N. The van der Waals surface area contributed by atoms with E-state index < -0.39 is 0 Å². The molecule has 0 spiro atoms. The monoisotopic (exact) mass is 363 g/mol. The van der Waals surface area contributed by atoms with E-state index >= 15 is 0 Å². The Bertz CT molecular complexity index is 1080. The third-order valence-corrected chi connectivity index (χ3v) is 5.24. The van der Waals surface area contributed by atoms with Gasteiger partial charge < -0.3 is 4.90 Å². The van der Waals surface area contributed by atoms with Gasteiger partial charge >= 0.3 is 0 Å². The molecule has 0 fully saturated rings. The van der Waals surface area contributed by atoms with Gasteiger partial charge in [0.1, 0.15) is 0 Å². The van der Waals surface area contributed by atoms with Crippen molar-refractivity contribution in [1.29, 1.82) is 0 Å². The van der Waals surface area contributed by atoms with Crippen LogP contribution in [0.15, 0.2) is 97.1 Å². The molecule has 0 bridgehead atoms. The van der Waals surface area contributed by atoms with Gasteiger partial charge in [0, 0.05) is 17.1 Å². The first-order valence-electron chi connectivity index (χ1n) is 9.71. The van der Waals surface area contributed by atoms with E-state index in [1.165, 1.54) is 39.2 Å². The number of hydrogen-bond acceptors (Lipinski definition) is 1. The lowest BCUT2D eigenvalue weighted by atomic mass is 10.0. The summed E-state index contributed by atoms with van der Waals surface area (Å²) in [6.45, 7) is 6.47. The van der Waals surface area contributed by atoms with E-state index in [9.17, 15) is 0 Å². The third-order valence-electron chi connectivity index (χ3n) is 5.24. The number of hydrogen-bond donors (Lipinski definition) is 0. The van der Waals surface area contributed by atoms with Crippen LogP contribution in [0.1, 0.15) is 16.7 Å². The van der Waals surface area contributed by atoms with Crippen LogP contribution in [0.4, 0.5) is 17.1 Å². The highest BCUT2D eigenvalue weighted by Gasteiger charge is 2.13. The van der Waals surface area contributed by atoms with Gasteiger partial charge in [0.15, 0.2) is 0 Å². The van der Waals surface area contributed by atoms with Gasteiger partial charge in [0.25, 0.3) is 0 Å². The summed E-state index contributed by atoms with van der Waals surface area (Å²) in [4.78, 5) is 2.33. The number of anilines is 3. The quantitative estimate of drug-likeness (QED) is 0.358. The van der Waals surface area contributed by atoms with E-state index in [4.69, 9.17) is 0 Å². The second kappa shape index (κ2) is 7.74. The highest BCUT2D eigenvalue weighted by atomic mass is 15.1. The van der Waals surface area contributed by atoms with E-state index in [0.29, 0.717) is 0 Å². The molecule has 1 heteroatoms. The molecular weight excluding hydrogens is 338 g/mol. The Morgan fingerprint density at radius 2 is 1.11 bits per heavy atom. The fourth-order valence-electron chi connectivity index (χ4n) is 3.51. The summed E-state index contributed by atoms with van der Waals surface area (Å²) in [5, 5.41) is 0. The molecule has 0 N–H and O–H groups in total. The highest BCUT2D eigenvalue weighted by molar-refractivity contribution is 5.79. The van der Waals surface area contributed by atoms with Crippen LogP contribution in [0.2, 0.25) is 0 Å². The zero-order valence-electron chi connectivity index (χ0n) is 16.7. The number of rotatable bonds is 4. The van der Waals surface area contributed by atoms with Crippen molar-refractivity contribution in [2.24, 2.45) is 0 Å². The molecule has 1 nitrogen and oxygen atoms in total. The van der Waals surface area contributed by atoms with E-state index in [-0.39, 0.29) is 0 Å². The van der Waals surface area contributed by atoms with Crippen LogP contribution in [0, 0.1) is 20.8 Å². The zero-order valence-corrected chi connectivity index (χ0v) is 16.7. The van der Waals surface area contributed by atoms with Gasteiger partial charge in [-0.15, -0.1) is 0 Å². The normalized spacial score (nSPS) is 10.7. The lowest BCUT2D eigenvalue weighted by Crippen LogP contribution is -2.10. The maximum Gasteiger partial charge on any atom is 0.0464 e.